The highest BCUT2D eigenvalue weighted by Crippen LogP contribution is 2.24. The van der Waals surface area contributed by atoms with Gasteiger partial charge in [0.15, 0.2) is 0 Å². The minimum absolute atomic E-state index is 0.178. The Bertz CT molecular complexity index is 1040. The molecule has 0 aromatic heterocycles. The van der Waals surface area contributed by atoms with Crippen molar-refractivity contribution in [1.29, 1.82) is 0 Å². The van der Waals surface area contributed by atoms with E-state index in [0.29, 0.717) is 13.0 Å². The number of carboxylic acids is 2. The Labute approximate surface area is 233 Å². The van der Waals surface area contributed by atoms with Gasteiger partial charge in [-0.25, -0.2) is 4.79 Å². The molecule has 6 heteroatoms. The predicted molar refractivity (Wildman–Crippen MR) is 156 cm³/mol. The van der Waals surface area contributed by atoms with Crippen molar-refractivity contribution >= 4 is 18.0 Å². The summed E-state index contributed by atoms with van der Waals surface area (Å²) >= 11 is 0. The van der Waals surface area contributed by atoms with Crippen molar-refractivity contribution in [3.63, 3.8) is 0 Å². The second-order valence-corrected chi connectivity index (χ2v) is 10.9. The van der Waals surface area contributed by atoms with Crippen molar-refractivity contribution in [1.82, 2.24) is 4.90 Å². The van der Waals surface area contributed by atoms with Gasteiger partial charge >= 0.3 is 11.9 Å². The fraction of sp³-hybridized carbons (Fsp3) is 0.515. The number of rotatable bonds is 17. The molecule has 0 saturated carbocycles. The van der Waals surface area contributed by atoms with E-state index in [-0.39, 0.29) is 17.9 Å². The lowest BCUT2D eigenvalue weighted by molar-refractivity contribution is -0.137. The van der Waals surface area contributed by atoms with Crippen LogP contribution in [-0.4, -0.2) is 53.3 Å². The Kier molecular flexibility index (Phi) is 13.1. The first-order valence-electron chi connectivity index (χ1n) is 14.6. The lowest BCUT2D eigenvalue weighted by Crippen LogP contribution is -2.33. The van der Waals surface area contributed by atoms with Gasteiger partial charge in [-0.1, -0.05) is 55.8 Å². The number of likely N-dealkylation sites (tertiary alicyclic amines) is 1. The Balaban J connectivity index is 1.51. The molecule has 39 heavy (non-hydrogen) atoms. The molecule has 1 aliphatic heterocycles. The van der Waals surface area contributed by atoms with Crippen LogP contribution in [0.3, 0.4) is 0 Å². The van der Waals surface area contributed by atoms with E-state index in [1.807, 2.05) is 30.3 Å². The third-order valence-electron chi connectivity index (χ3n) is 7.63. The summed E-state index contributed by atoms with van der Waals surface area (Å²) in [5, 5.41) is 18.2. The zero-order valence-corrected chi connectivity index (χ0v) is 23.4. The zero-order valence-electron chi connectivity index (χ0n) is 23.4. The second kappa shape index (κ2) is 16.8. The average Bonchev–Trinajstić information content (AvgIpc) is 2.93. The van der Waals surface area contributed by atoms with E-state index in [2.05, 4.69) is 30.0 Å². The van der Waals surface area contributed by atoms with Crippen LogP contribution in [0.15, 0.2) is 54.6 Å². The minimum atomic E-state index is -0.931. The summed E-state index contributed by atoms with van der Waals surface area (Å²) in [5.41, 5.74) is 2.38. The minimum Gasteiger partial charge on any atom is -0.493 e. The molecule has 0 spiro atoms. The molecule has 0 amide bonds. The molecule has 1 saturated heterocycles. The Morgan fingerprint density at radius 3 is 2.44 bits per heavy atom. The van der Waals surface area contributed by atoms with Crippen LogP contribution in [0.5, 0.6) is 5.75 Å². The van der Waals surface area contributed by atoms with Gasteiger partial charge in [-0.2, -0.15) is 0 Å². The number of aliphatic carboxylic acids is 1. The third-order valence-corrected chi connectivity index (χ3v) is 7.63. The van der Waals surface area contributed by atoms with Gasteiger partial charge in [0.2, 0.25) is 0 Å². The van der Waals surface area contributed by atoms with E-state index in [9.17, 15) is 14.7 Å². The van der Waals surface area contributed by atoms with Gasteiger partial charge in [0, 0.05) is 12.0 Å². The number of carbonyl (C=O) groups is 2. The topological polar surface area (TPSA) is 87.1 Å². The van der Waals surface area contributed by atoms with Gasteiger partial charge < -0.3 is 19.8 Å². The molecule has 212 valence electrons. The van der Waals surface area contributed by atoms with Crippen LogP contribution >= 0.6 is 0 Å². The Hall–Kier alpha value is -3.12. The first-order chi connectivity index (χ1) is 18.9. The Morgan fingerprint density at radius 2 is 1.72 bits per heavy atom. The molecule has 3 rings (SSSR count). The largest absolute Gasteiger partial charge is 0.493 e. The Morgan fingerprint density at radius 1 is 0.974 bits per heavy atom. The molecule has 6 nitrogen and oxygen atoms in total. The van der Waals surface area contributed by atoms with E-state index in [4.69, 9.17) is 9.84 Å². The van der Waals surface area contributed by atoms with Crippen molar-refractivity contribution in [2.75, 3.05) is 26.2 Å². The molecular weight excluding hydrogens is 490 g/mol. The van der Waals surface area contributed by atoms with Gasteiger partial charge in [-0.3, -0.25) is 4.79 Å². The molecule has 1 aliphatic rings. The van der Waals surface area contributed by atoms with Crippen LogP contribution < -0.4 is 4.74 Å². The molecule has 1 fully saturated rings. The van der Waals surface area contributed by atoms with Crippen LogP contribution in [0, 0.1) is 11.8 Å². The SMILES string of the molecule is CC1CCN(CCCCCOc2ccccc2/C=C/C(CCCCC(=O)O)Cc2ccc(C(=O)O)cc2)CC1. The summed E-state index contributed by atoms with van der Waals surface area (Å²) < 4.78 is 6.17. The van der Waals surface area contributed by atoms with E-state index in [0.717, 1.165) is 48.5 Å². The summed E-state index contributed by atoms with van der Waals surface area (Å²) in [4.78, 5) is 24.7. The van der Waals surface area contributed by atoms with Gasteiger partial charge in [-0.05, 0) is 107 Å². The van der Waals surface area contributed by atoms with Crippen molar-refractivity contribution in [3.8, 4) is 5.75 Å². The molecule has 1 atom stereocenters. The van der Waals surface area contributed by atoms with E-state index in [1.165, 1.54) is 45.3 Å². The molecule has 2 aromatic carbocycles. The first-order valence-corrected chi connectivity index (χ1v) is 14.6. The van der Waals surface area contributed by atoms with Crippen LogP contribution in [0.4, 0.5) is 0 Å². The number of carboxylic acid groups (broad SMARTS) is 2. The number of hydrogen-bond acceptors (Lipinski definition) is 4. The quantitative estimate of drug-likeness (QED) is 0.209. The van der Waals surface area contributed by atoms with Gasteiger partial charge in [0.25, 0.3) is 0 Å². The molecular formula is C33H45NO5. The van der Waals surface area contributed by atoms with E-state index >= 15 is 0 Å². The molecule has 0 bridgehead atoms. The van der Waals surface area contributed by atoms with E-state index in [1.54, 1.807) is 12.1 Å². The predicted octanol–water partition coefficient (Wildman–Crippen LogP) is 7.18. The van der Waals surface area contributed by atoms with Crippen LogP contribution in [0.2, 0.25) is 0 Å². The van der Waals surface area contributed by atoms with Crippen molar-refractivity contribution in [2.24, 2.45) is 11.8 Å². The highest BCUT2D eigenvalue weighted by Gasteiger charge is 2.15. The summed E-state index contributed by atoms with van der Waals surface area (Å²) in [6.45, 7) is 6.73. The lowest BCUT2D eigenvalue weighted by Gasteiger charge is -2.30. The maximum atomic E-state index is 11.2. The average molecular weight is 536 g/mol. The standard InChI is InChI=1S/C33H45NO5/c1-26-19-22-34(23-20-26)21-7-2-8-24-39-31-11-5-4-10-29(31)16-13-27(9-3-6-12-32(35)36)25-28-14-17-30(18-15-28)33(37)38/h4-5,10-11,13-18,26-27H,2-3,6-9,12,19-25H2,1H3,(H,35,36)(H,37,38)/b16-13+. The third kappa shape index (κ3) is 11.7. The number of benzene rings is 2. The normalized spacial score (nSPS) is 15.4. The van der Waals surface area contributed by atoms with Crippen LogP contribution in [0.1, 0.15) is 86.2 Å². The van der Waals surface area contributed by atoms with Gasteiger partial charge in [0.05, 0.1) is 12.2 Å². The number of aromatic carboxylic acids is 1. The number of para-hydroxylation sites is 1. The first kappa shape index (κ1) is 30.4. The zero-order chi connectivity index (χ0) is 27.9. The summed E-state index contributed by atoms with van der Waals surface area (Å²) in [6.07, 6.45) is 13.7. The monoisotopic (exact) mass is 535 g/mol. The smallest absolute Gasteiger partial charge is 0.335 e. The number of hydrogen-bond donors (Lipinski definition) is 2. The lowest BCUT2D eigenvalue weighted by atomic mass is 9.92. The molecule has 2 aromatic rings. The number of allylic oxidation sites excluding steroid dienone is 1. The highest BCUT2D eigenvalue weighted by molar-refractivity contribution is 5.87. The fourth-order valence-corrected chi connectivity index (χ4v) is 5.11. The van der Waals surface area contributed by atoms with Crippen molar-refractivity contribution in [3.05, 3.63) is 71.3 Å². The number of nitrogens with zero attached hydrogens (tertiary/aromatic N) is 1. The summed E-state index contributed by atoms with van der Waals surface area (Å²) in [5.74, 6) is 0.273. The van der Waals surface area contributed by atoms with E-state index < -0.39 is 11.9 Å². The highest BCUT2D eigenvalue weighted by atomic mass is 16.5. The maximum Gasteiger partial charge on any atom is 0.335 e. The van der Waals surface area contributed by atoms with Gasteiger partial charge in [0.1, 0.15) is 5.75 Å². The fourth-order valence-electron chi connectivity index (χ4n) is 5.11. The van der Waals surface area contributed by atoms with Crippen LogP contribution in [0.25, 0.3) is 6.08 Å². The second-order valence-electron chi connectivity index (χ2n) is 10.9. The summed E-state index contributed by atoms with van der Waals surface area (Å²) in [6, 6.07) is 15.1. The van der Waals surface area contributed by atoms with Crippen molar-refractivity contribution in [2.45, 2.75) is 71.1 Å². The number of unbranched alkanes of at least 4 members (excludes halogenated alkanes) is 3. The maximum absolute atomic E-state index is 11.2. The molecule has 0 radical (unpaired) electrons. The van der Waals surface area contributed by atoms with Crippen molar-refractivity contribution < 1.29 is 24.5 Å². The van der Waals surface area contributed by atoms with Crippen LogP contribution in [-0.2, 0) is 11.2 Å². The van der Waals surface area contributed by atoms with Gasteiger partial charge in [-0.15, -0.1) is 0 Å². The molecule has 1 heterocycles. The molecule has 2 N–H and O–H groups in total. The number of ether oxygens (including phenoxy) is 1. The summed E-state index contributed by atoms with van der Waals surface area (Å²) in [7, 11) is 0. The molecule has 0 aliphatic carbocycles. The number of piperidine rings is 1. The molecule has 1 unspecified atom stereocenters.